The molecule has 1 N–H and O–H groups in total. The van der Waals surface area contributed by atoms with E-state index >= 15 is 0 Å². The van der Waals surface area contributed by atoms with Gasteiger partial charge < -0.3 is 19.5 Å². The summed E-state index contributed by atoms with van der Waals surface area (Å²) in [5.74, 6) is 1.31. The van der Waals surface area contributed by atoms with Crippen molar-refractivity contribution in [1.82, 2.24) is 19.4 Å². The average molecular weight is 370 g/mol. The van der Waals surface area contributed by atoms with Gasteiger partial charge in [-0.3, -0.25) is 4.79 Å². The van der Waals surface area contributed by atoms with Gasteiger partial charge in [0.1, 0.15) is 11.6 Å². The van der Waals surface area contributed by atoms with E-state index in [-0.39, 0.29) is 17.6 Å². The van der Waals surface area contributed by atoms with Gasteiger partial charge in [0, 0.05) is 37.9 Å². The summed E-state index contributed by atoms with van der Waals surface area (Å²) in [5.41, 5.74) is 1.12. The van der Waals surface area contributed by atoms with E-state index < -0.39 is 0 Å². The van der Waals surface area contributed by atoms with E-state index in [2.05, 4.69) is 28.5 Å². The van der Waals surface area contributed by atoms with Crippen molar-refractivity contribution in [3.8, 4) is 5.75 Å². The molecule has 1 fully saturated rings. The first-order valence-electron chi connectivity index (χ1n) is 9.71. The molecular formula is C21H30N4O2. The second-order valence-corrected chi connectivity index (χ2v) is 7.70. The monoisotopic (exact) mass is 370 g/mol. The van der Waals surface area contributed by atoms with Gasteiger partial charge in [-0.2, -0.15) is 0 Å². The van der Waals surface area contributed by atoms with Crippen molar-refractivity contribution in [3.63, 3.8) is 0 Å². The van der Waals surface area contributed by atoms with Crippen LogP contribution >= 0.6 is 0 Å². The predicted octanol–water partition coefficient (Wildman–Crippen LogP) is 2.87. The first-order chi connectivity index (χ1) is 13.0. The number of para-hydroxylation sites is 1. The summed E-state index contributed by atoms with van der Waals surface area (Å²) in [7, 11) is 4.17. The number of phenolic OH excluding ortho intramolecular Hbond substituents is 1. The number of carbonyl (C=O) groups is 1. The van der Waals surface area contributed by atoms with Crippen LogP contribution in [0.3, 0.4) is 0 Å². The first kappa shape index (κ1) is 19.4. The molecule has 6 nitrogen and oxygen atoms in total. The third kappa shape index (κ3) is 4.50. The Kier molecular flexibility index (Phi) is 6.16. The number of aromatic hydroxyl groups is 1. The van der Waals surface area contributed by atoms with Crippen LogP contribution < -0.4 is 0 Å². The van der Waals surface area contributed by atoms with Crippen molar-refractivity contribution >= 4 is 5.91 Å². The molecule has 1 unspecified atom stereocenters. The number of hydrogen-bond acceptors (Lipinski definition) is 4. The molecule has 0 radical (unpaired) electrons. The molecule has 0 aliphatic carbocycles. The number of phenols is 1. The van der Waals surface area contributed by atoms with E-state index in [0.717, 1.165) is 50.3 Å². The van der Waals surface area contributed by atoms with Crippen molar-refractivity contribution in [2.45, 2.75) is 38.6 Å². The minimum absolute atomic E-state index is 0.0911. The van der Waals surface area contributed by atoms with E-state index in [1.807, 2.05) is 36.4 Å². The van der Waals surface area contributed by atoms with Crippen molar-refractivity contribution in [2.24, 2.45) is 0 Å². The molecule has 6 heteroatoms. The molecule has 3 rings (SSSR count). The molecule has 27 heavy (non-hydrogen) atoms. The van der Waals surface area contributed by atoms with E-state index in [1.165, 1.54) is 0 Å². The number of aromatic nitrogens is 2. The molecule has 1 aromatic heterocycles. The molecule has 2 aromatic rings. The summed E-state index contributed by atoms with van der Waals surface area (Å²) in [6.07, 6.45) is 6.96. The number of amides is 1. The van der Waals surface area contributed by atoms with Crippen molar-refractivity contribution < 1.29 is 9.90 Å². The highest BCUT2D eigenvalue weighted by atomic mass is 16.3. The highest BCUT2D eigenvalue weighted by Gasteiger charge is 2.29. The molecule has 0 spiro atoms. The standard InChI is InChI=1S/C21H30N4O2/c1-16-7-4-9-18(19(16)26)21(27)25-12-5-8-17(15-25)20-22-10-14-24(20)13-6-11-23(2)3/h4,7,9-10,14,17,26H,5-6,8,11-13,15H2,1-3H3. The number of nitrogens with zero attached hydrogens (tertiary/aromatic N) is 4. The highest BCUT2D eigenvalue weighted by Crippen LogP contribution is 2.29. The second kappa shape index (κ2) is 8.57. The number of imidazole rings is 1. The van der Waals surface area contributed by atoms with Crippen molar-refractivity contribution in [1.29, 1.82) is 0 Å². The van der Waals surface area contributed by atoms with Crippen LogP contribution in [-0.2, 0) is 6.54 Å². The molecule has 1 atom stereocenters. The maximum absolute atomic E-state index is 13.0. The van der Waals surface area contributed by atoms with E-state index in [9.17, 15) is 9.90 Å². The zero-order valence-electron chi connectivity index (χ0n) is 16.6. The Hall–Kier alpha value is -2.34. The third-order valence-corrected chi connectivity index (χ3v) is 5.29. The van der Waals surface area contributed by atoms with Gasteiger partial charge >= 0.3 is 0 Å². The van der Waals surface area contributed by atoms with Crippen molar-refractivity contribution in [2.75, 3.05) is 33.7 Å². The SMILES string of the molecule is Cc1cccc(C(=O)N2CCCC(c3nccn3CCCN(C)C)C2)c1O. The number of carbonyl (C=O) groups excluding carboxylic acids is 1. The second-order valence-electron chi connectivity index (χ2n) is 7.70. The quantitative estimate of drug-likeness (QED) is 0.849. The van der Waals surface area contributed by atoms with Crippen LogP contribution in [0.15, 0.2) is 30.6 Å². The highest BCUT2D eigenvalue weighted by molar-refractivity contribution is 5.97. The molecule has 146 valence electrons. The molecule has 1 amide bonds. The Bertz CT molecular complexity index is 784. The van der Waals surface area contributed by atoms with E-state index in [0.29, 0.717) is 12.1 Å². The number of likely N-dealkylation sites (tertiary alicyclic amines) is 1. The Morgan fingerprint density at radius 3 is 2.96 bits per heavy atom. The zero-order valence-corrected chi connectivity index (χ0v) is 16.6. The summed E-state index contributed by atoms with van der Waals surface area (Å²) in [5, 5.41) is 10.3. The van der Waals surface area contributed by atoms with Gasteiger partial charge in [0.05, 0.1) is 5.56 Å². The lowest BCUT2D eigenvalue weighted by Gasteiger charge is -2.33. The fraction of sp³-hybridized carbons (Fsp3) is 0.524. The summed E-state index contributed by atoms with van der Waals surface area (Å²) in [6, 6.07) is 5.34. The Labute approximate surface area is 161 Å². The van der Waals surface area contributed by atoms with Gasteiger partial charge in [-0.15, -0.1) is 0 Å². The topological polar surface area (TPSA) is 61.6 Å². The molecule has 1 aliphatic rings. The number of aryl methyl sites for hydroxylation is 2. The Balaban J connectivity index is 1.70. The molecule has 1 aliphatic heterocycles. The lowest BCUT2D eigenvalue weighted by molar-refractivity contribution is 0.0700. The predicted molar refractivity (Wildman–Crippen MR) is 106 cm³/mol. The fourth-order valence-corrected chi connectivity index (χ4v) is 3.80. The van der Waals surface area contributed by atoms with Gasteiger partial charge in [0.15, 0.2) is 0 Å². The van der Waals surface area contributed by atoms with Crippen LogP contribution in [0.5, 0.6) is 5.75 Å². The summed E-state index contributed by atoms with van der Waals surface area (Å²) in [6.45, 7) is 5.17. The van der Waals surface area contributed by atoms with Crippen LogP contribution in [0.1, 0.15) is 46.9 Å². The molecule has 0 saturated carbocycles. The maximum atomic E-state index is 13.0. The summed E-state index contributed by atoms with van der Waals surface area (Å²) >= 11 is 0. The average Bonchev–Trinajstić information content (AvgIpc) is 3.12. The van der Waals surface area contributed by atoms with E-state index in [4.69, 9.17) is 0 Å². The summed E-state index contributed by atoms with van der Waals surface area (Å²) < 4.78 is 2.23. The first-order valence-corrected chi connectivity index (χ1v) is 9.71. The largest absolute Gasteiger partial charge is 0.507 e. The van der Waals surface area contributed by atoms with Gasteiger partial charge in [0.25, 0.3) is 5.91 Å². The van der Waals surface area contributed by atoms with Crippen LogP contribution in [0, 0.1) is 6.92 Å². The fourth-order valence-electron chi connectivity index (χ4n) is 3.80. The summed E-state index contributed by atoms with van der Waals surface area (Å²) in [4.78, 5) is 21.6. The van der Waals surface area contributed by atoms with Crippen LogP contribution in [-0.4, -0.2) is 64.1 Å². The van der Waals surface area contributed by atoms with Crippen LogP contribution in [0.2, 0.25) is 0 Å². The molecule has 0 bridgehead atoms. The van der Waals surface area contributed by atoms with Gasteiger partial charge in [-0.1, -0.05) is 12.1 Å². The lowest BCUT2D eigenvalue weighted by Crippen LogP contribution is -2.39. The van der Waals surface area contributed by atoms with Gasteiger partial charge in [0.2, 0.25) is 0 Å². The molecule has 1 aromatic carbocycles. The molecule has 1 saturated heterocycles. The number of rotatable bonds is 6. The number of piperidine rings is 1. The number of benzene rings is 1. The van der Waals surface area contributed by atoms with Crippen LogP contribution in [0.25, 0.3) is 0 Å². The Morgan fingerprint density at radius 2 is 2.19 bits per heavy atom. The lowest BCUT2D eigenvalue weighted by atomic mass is 9.96. The van der Waals surface area contributed by atoms with Crippen LogP contribution in [0.4, 0.5) is 0 Å². The third-order valence-electron chi connectivity index (χ3n) is 5.29. The van der Waals surface area contributed by atoms with Gasteiger partial charge in [-0.25, -0.2) is 4.98 Å². The van der Waals surface area contributed by atoms with E-state index in [1.54, 1.807) is 6.07 Å². The molecular weight excluding hydrogens is 340 g/mol. The number of hydrogen-bond donors (Lipinski definition) is 1. The smallest absolute Gasteiger partial charge is 0.257 e. The Morgan fingerprint density at radius 1 is 1.37 bits per heavy atom. The minimum Gasteiger partial charge on any atom is -0.507 e. The van der Waals surface area contributed by atoms with Crippen molar-refractivity contribution in [3.05, 3.63) is 47.5 Å². The zero-order chi connectivity index (χ0) is 19.4. The minimum atomic E-state index is -0.0911. The maximum Gasteiger partial charge on any atom is 0.257 e. The molecule has 2 heterocycles. The normalized spacial score (nSPS) is 17.5. The van der Waals surface area contributed by atoms with Gasteiger partial charge in [-0.05, 0) is 58.5 Å².